The fourth-order valence-electron chi connectivity index (χ4n) is 0.535. The summed E-state index contributed by atoms with van der Waals surface area (Å²) < 4.78 is 10.2. The summed E-state index contributed by atoms with van der Waals surface area (Å²) in [5.74, 6) is 0.500. The summed E-state index contributed by atoms with van der Waals surface area (Å²) >= 11 is 5.54. The minimum absolute atomic E-state index is 0.0493. The molecule has 0 saturated carbocycles. The number of ether oxygens (including phenoxy) is 2. The quantitative estimate of drug-likeness (QED) is 0.442. The normalized spacial score (nSPS) is 13.5. The summed E-state index contributed by atoms with van der Waals surface area (Å²) in [4.78, 5) is 0. The van der Waals surface area contributed by atoms with E-state index in [-0.39, 0.29) is 6.10 Å². The highest BCUT2D eigenvalue weighted by Crippen LogP contribution is 1.94. The Kier molecular flexibility index (Phi) is 7.47. The average Bonchev–Trinajstić information content (AvgIpc) is 1.99. The van der Waals surface area contributed by atoms with Crippen molar-refractivity contribution < 1.29 is 9.47 Å². The largest absolute Gasteiger partial charge is 0.379 e. The van der Waals surface area contributed by atoms with Crippen LogP contribution in [-0.4, -0.2) is 32.3 Å². The Balaban J connectivity index is 3.09. The molecule has 10 heavy (non-hydrogen) atoms. The maximum atomic E-state index is 5.54. The molecule has 0 radical (unpaired) electrons. The highest BCUT2D eigenvalue weighted by molar-refractivity contribution is 6.18. The second kappa shape index (κ2) is 7.32. The predicted molar refractivity (Wildman–Crippen MR) is 42.6 cm³/mol. The molecule has 0 amide bonds. The van der Waals surface area contributed by atoms with Crippen LogP contribution in [0.15, 0.2) is 0 Å². The van der Waals surface area contributed by atoms with Gasteiger partial charge in [-0.3, -0.25) is 0 Å². The predicted octanol–water partition coefficient (Wildman–Crippen LogP) is 1.67. The lowest BCUT2D eigenvalue weighted by molar-refractivity contribution is 0.0207. The Morgan fingerprint density at radius 2 is 2.20 bits per heavy atom. The van der Waals surface area contributed by atoms with E-state index in [2.05, 4.69) is 6.92 Å². The van der Waals surface area contributed by atoms with Crippen LogP contribution in [-0.2, 0) is 9.47 Å². The Bertz CT molecular complexity index is 64.6. The molecule has 3 heteroatoms. The Morgan fingerprint density at radius 3 is 2.60 bits per heavy atom. The van der Waals surface area contributed by atoms with Crippen LogP contribution >= 0.6 is 11.6 Å². The molecule has 0 aromatic rings. The second-order valence-corrected chi connectivity index (χ2v) is 2.40. The van der Waals surface area contributed by atoms with Crippen molar-refractivity contribution in [3.05, 3.63) is 0 Å². The minimum Gasteiger partial charge on any atom is -0.379 e. The number of alkyl halides is 1. The molecule has 0 aliphatic carbocycles. The first-order chi connectivity index (χ1) is 4.85. The van der Waals surface area contributed by atoms with Gasteiger partial charge in [-0.25, -0.2) is 0 Å². The Labute approximate surface area is 67.5 Å². The van der Waals surface area contributed by atoms with Crippen LogP contribution in [0, 0.1) is 0 Å². The van der Waals surface area contributed by atoms with E-state index in [1.165, 1.54) is 0 Å². The van der Waals surface area contributed by atoms with Crippen LogP contribution in [0.1, 0.15) is 13.3 Å². The first-order valence-corrected chi connectivity index (χ1v) is 4.05. The van der Waals surface area contributed by atoms with Crippen LogP contribution in [0.2, 0.25) is 0 Å². The van der Waals surface area contributed by atoms with E-state index < -0.39 is 0 Å². The number of rotatable bonds is 6. The van der Waals surface area contributed by atoms with Crippen molar-refractivity contribution >= 4 is 11.6 Å². The molecule has 1 atom stereocenters. The van der Waals surface area contributed by atoms with E-state index in [4.69, 9.17) is 21.1 Å². The molecule has 0 rings (SSSR count). The van der Waals surface area contributed by atoms with E-state index in [0.29, 0.717) is 12.5 Å². The highest BCUT2D eigenvalue weighted by Gasteiger charge is 2.03. The van der Waals surface area contributed by atoms with Crippen molar-refractivity contribution in [2.45, 2.75) is 19.4 Å². The zero-order valence-electron chi connectivity index (χ0n) is 6.60. The summed E-state index contributed by atoms with van der Waals surface area (Å²) in [6.07, 6.45) is 1.09. The van der Waals surface area contributed by atoms with Crippen molar-refractivity contribution in [1.29, 1.82) is 0 Å². The van der Waals surface area contributed by atoms with Gasteiger partial charge in [0.1, 0.15) is 0 Å². The molecule has 0 bridgehead atoms. The van der Waals surface area contributed by atoms with Crippen LogP contribution in [0.4, 0.5) is 0 Å². The first-order valence-electron chi connectivity index (χ1n) is 3.51. The van der Waals surface area contributed by atoms with Crippen molar-refractivity contribution in [2.75, 3.05) is 26.2 Å². The maximum absolute atomic E-state index is 5.54. The molecule has 0 aromatic heterocycles. The molecule has 0 aliphatic heterocycles. The van der Waals surface area contributed by atoms with Crippen LogP contribution in [0.25, 0.3) is 0 Å². The molecule has 0 N–H and O–H groups in total. The molecule has 2 nitrogen and oxygen atoms in total. The number of halogens is 1. The van der Waals surface area contributed by atoms with Gasteiger partial charge in [-0.2, -0.15) is 0 Å². The van der Waals surface area contributed by atoms with Gasteiger partial charge in [0, 0.05) is 13.7 Å². The summed E-state index contributed by atoms with van der Waals surface area (Å²) in [6, 6.07) is 0. The third-order valence-electron chi connectivity index (χ3n) is 1.16. The molecule has 0 heterocycles. The molecule has 0 aromatic carbocycles. The van der Waals surface area contributed by atoms with Crippen molar-refractivity contribution in [3.8, 4) is 0 Å². The lowest BCUT2D eigenvalue weighted by Crippen LogP contribution is -2.19. The highest BCUT2D eigenvalue weighted by atomic mass is 35.5. The molecule has 0 saturated heterocycles. The lowest BCUT2D eigenvalue weighted by atomic mass is 10.4. The van der Waals surface area contributed by atoms with Gasteiger partial charge in [-0.05, 0) is 6.42 Å². The van der Waals surface area contributed by atoms with Gasteiger partial charge in [0.2, 0.25) is 0 Å². The number of methoxy groups -OCH3 is 1. The summed E-state index contributed by atoms with van der Waals surface area (Å²) in [5.41, 5.74) is 0. The van der Waals surface area contributed by atoms with Crippen LogP contribution in [0.5, 0.6) is 0 Å². The molecular formula is C7H15ClO2. The smallest absolute Gasteiger partial charge is 0.0939 e. The van der Waals surface area contributed by atoms with Gasteiger partial charge in [-0.15, -0.1) is 11.6 Å². The SMILES string of the molecule is CCCOCC(CCl)OC. The topological polar surface area (TPSA) is 18.5 Å². The third kappa shape index (κ3) is 5.03. The fourth-order valence-corrected chi connectivity index (χ4v) is 0.750. The van der Waals surface area contributed by atoms with Crippen molar-refractivity contribution in [1.82, 2.24) is 0 Å². The standard InChI is InChI=1S/C7H15ClO2/c1-3-4-10-6-7(5-8)9-2/h7H,3-6H2,1-2H3. The summed E-state index contributed by atoms with van der Waals surface area (Å²) in [5, 5.41) is 0. The van der Waals surface area contributed by atoms with Gasteiger partial charge < -0.3 is 9.47 Å². The van der Waals surface area contributed by atoms with Crippen LogP contribution in [0.3, 0.4) is 0 Å². The molecular weight excluding hydrogens is 152 g/mol. The van der Waals surface area contributed by atoms with E-state index in [1.54, 1.807) is 7.11 Å². The zero-order chi connectivity index (χ0) is 7.82. The van der Waals surface area contributed by atoms with E-state index in [1.807, 2.05) is 0 Å². The Hall–Kier alpha value is 0.210. The molecule has 0 fully saturated rings. The molecule has 0 aliphatic rings. The van der Waals surface area contributed by atoms with Crippen LogP contribution < -0.4 is 0 Å². The van der Waals surface area contributed by atoms with E-state index in [9.17, 15) is 0 Å². The zero-order valence-corrected chi connectivity index (χ0v) is 7.36. The third-order valence-corrected chi connectivity index (χ3v) is 1.50. The summed E-state index contributed by atoms with van der Waals surface area (Å²) in [7, 11) is 1.64. The van der Waals surface area contributed by atoms with Gasteiger partial charge in [-0.1, -0.05) is 6.92 Å². The maximum Gasteiger partial charge on any atom is 0.0939 e. The summed E-state index contributed by atoms with van der Waals surface area (Å²) in [6.45, 7) is 3.47. The second-order valence-electron chi connectivity index (χ2n) is 2.09. The average molecular weight is 167 g/mol. The molecule has 0 spiro atoms. The van der Waals surface area contributed by atoms with Crippen molar-refractivity contribution in [2.24, 2.45) is 0 Å². The lowest BCUT2D eigenvalue weighted by Gasteiger charge is -2.11. The number of hydrogen-bond donors (Lipinski definition) is 0. The monoisotopic (exact) mass is 166 g/mol. The Morgan fingerprint density at radius 1 is 1.50 bits per heavy atom. The van der Waals surface area contributed by atoms with E-state index >= 15 is 0 Å². The van der Waals surface area contributed by atoms with Gasteiger partial charge in [0.25, 0.3) is 0 Å². The number of hydrogen-bond acceptors (Lipinski definition) is 2. The van der Waals surface area contributed by atoms with Crippen molar-refractivity contribution in [3.63, 3.8) is 0 Å². The minimum atomic E-state index is 0.0493. The molecule has 62 valence electrons. The fraction of sp³-hybridized carbons (Fsp3) is 1.00. The van der Waals surface area contributed by atoms with Gasteiger partial charge in [0.15, 0.2) is 0 Å². The van der Waals surface area contributed by atoms with E-state index in [0.717, 1.165) is 13.0 Å². The van der Waals surface area contributed by atoms with Gasteiger partial charge >= 0.3 is 0 Å². The molecule has 1 unspecified atom stereocenters. The first kappa shape index (κ1) is 10.2. The van der Waals surface area contributed by atoms with Gasteiger partial charge in [0.05, 0.1) is 18.6 Å².